The van der Waals surface area contributed by atoms with Crippen molar-refractivity contribution in [3.05, 3.63) is 158 Å². The number of ether oxygens (including phenoxy) is 2. The predicted octanol–water partition coefficient (Wildman–Crippen LogP) is 22.4. The lowest BCUT2D eigenvalue weighted by Gasteiger charge is -2.19. The molecule has 2 atom stereocenters. The highest BCUT2D eigenvalue weighted by molar-refractivity contribution is 7.47. The fourth-order valence-electron chi connectivity index (χ4n) is 8.97. The molecule has 0 aliphatic heterocycles. The van der Waals surface area contributed by atoms with Crippen molar-refractivity contribution in [1.29, 1.82) is 0 Å². The minimum absolute atomic E-state index is 0.0457. The molecule has 0 heterocycles. The number of carbonyl (C=O) groups is 2. The first-order valence-electron chi connectivity index (χ1n) is 34.0. The van der Waals surface area contributed by atoms with Crippen LogP contribution in [0.15, 0.2) is 158 Å². The van der Waals surface area contributed by atoms with Gasteiger partial charge in [0.1, 0.15) is 6.61 Å². The summed E-state index contributed by atoms with van der Waals surface area (Å²) in [5.41, 5.74) is 5.40. The van der Waals surface area contributed by atoms with E-state index in [2.05, 4.69) is 172 Å². The molecule has 0 spiro atoms. The highest BCUT2D eigenvalue weighted by Gasteiger charge is 2.26. The summed E-state index contributed by atoms with van der Waals surface area (Å²) in [5.74, 6) is -0.839. The number of esters is 2. The monoisotopic (exact) mass is 1200 g/mol. The van der Waals surface area contributed by atoms with Crippen molar-refractivity contribution in [1.82, 2.24) is 0 Å². The summed E-state index contributed by atoms with van der Waals surface area (Å²) < 4.78 is 33.2. The summed E-state index contributed by atoms with van der Waals surface area (Å²) in [6.45, 7) is 3.51. The zero-order valence-electron chi connectivity index (χ0n) is 54.0. The van der Waals surface area contributed by atoms with Gasteiger partial charge in [-0.2, -0.15) is 0 Å². The molecule has 0 aliphatic rings. The van der Waals surface area contributed by atoms with Crippen molar-refractivity contribution < 1.29 is 37.6 Å². The van der Waals surface area contributed by atoms with E-state index in [1.807, 2.05) is 0 Å². The Kier molecular flexibility index (Phi) is 65.2. The number of nitrogens with two attached hydrogens (primary N) is 1. The quantitative estimate of drug-likeness (QED) is 0.0264. The van der Waals surface area contributed by atoms with Gasteiger partial charge >= 0.3 is 19.8 Å². The molecule has 0 rings (SSSR count). The van der Waals surface area contributed by atoms with Crippen LogP contribution in [-0.2, 0) is 32.7 Å². The molecular formula is C75H124NO8P. The summed E-state index contributed by atoms with van der Waals surface area (Å²) in [7, 11) is -4.40. The number of phosphoric ester groups is 1. The molecule has 0 fully saturated rings. The van der Waals surface area contributed by atoms with Crippen molar-refractivity contribution in [3.63, 3.8) is 0 Å². The fourth-order valence-corrected chi connectivity index (χ4v) is 9.74. The first-order valence-corrected chi connectivity index (χ1v) is 35.5. The second kappa shape index (κ2) is 68.7. The van der Waals surface area contributed by atoms with Crippen LogP contribution >= 0.6 is 7.82 Å². The molecule has 10 heteroatoms. The van der Waals surface area contributed by atoms with E-state index in [9.17, 15) is 19.0 Å². The highest BCUT2D eigenvalue weighted by atomic mass is 31.2. The Labute approximate surface area is 521 Å². The SMILES string of the molecule is CC/C=C\C/C=C\C/C=C\C/C=C\C/C=C\C/C=C\C/C=C\CCCCCCCCCCCCCCCC(=O)OC(COC(=O)CCCCCCCCCCCC/C=C\C/C=C\C/C=C\C/C=C\C/C=C\C/C=C\CC)COP(=O)(O)OCCN. The molecule has 9 nitrogen and oxygen atoms in total. The van der Waals surface area contributed by atoms with Gasteiger partial charge in [-0.3, -0.25) is 18.6 Å². The van der Waals surface area contributed by atoms with Crippen LogP contribution in [0.5, 0.6) is 0 Å². The second-order valence-electron chi connectivity index (χ2n) is 21.9. The molecule has 482 valence electrons. The predicted molar refractivity (Wildman–Crippen MR) is 366 cm³/mol. The Morgan fingerprint density at radius 3 is 0.906 bits per heavy atom. The van der Waals surface area contributed by atoms with Crippen molar-refractivity contribution in [2.45, 2.75) is 277 Å². The fraction of sp³-hybridized carbons (Fsp3) is 0.627. The van der Waals surface area contributed by atoms with Crippen LogP contribution in [0.1, 0.15) is 271 Å². The number of rotatable bonds is 62. The average molecular weight is 1200 g/mol. The topological polar surface area (TPSA) is 134 Å². The number of hydrogen-bond donors (Lipinski definition) is 2. The summed E-state index contributed by atoms with van der Waals surface area (Å²) in [6.07, 6.45) is 100. The molecule has 3 N–H and O–H groups in total. The molecule has 0 bridgehead atoms. The van der Waals surface area contributed by atoms with Gasteiger partial charge < -0.3 is 20.1 Å². The Balaban J connectivity index is 3.96. The minimum Gasteiger partial charge on any atom is -0.462 e. The Morgan fingerprint density at radius 2 is 0.612 bits per heavy atom. The lowest BCUT2D eigenvalue weighted by molar-refractivity contribution is -0.161. The number of carbonyl (C=O) groups excluding carboxylic acids is 2. The zero-order chi connectivity index (χ0) is 61.6. The van der Waals surface area contributed by atoms with Crippen LogP contribution in [0.2, 0.25) is 0 Å². The maximum atomic E-state index is 12.8. The van der Waals surface area contributed by atoms with Crippen LogP contribution < -0.4 is 5.73 Å². The molecule has 0 saturated heterocycles. The van der Waals surface area contributed by atoms with Gasteiger partial charge in [0.2, 0.25) is 0 Å². The van der Waals surface area contributed by atoms with Gasteiger partial charge in [-0.25, -0.2) is 4.57 Å². The smallest absolute Gasteiger partial charge is 0.462 e. The molecule has 0 aromatic heterocycles. The summed E-state index contributed by atoms with van der Waals surface area (Å²) in [4.78, 5) is 35.4. The van der Waals surface area contributed by atoms with Gasteiger partial charge in [-0.1, -0.05) is 294 Å². The third kappa shape index (κ3) is 68.6. The largest absolute Gasteiger partial charge is 0.472 e. The van der Waals surface area contributed by atoms with Crippen molar-refractivity contribution >= 4 is 19.8 Å². The van der Waals surface area contributed by atoms with Gasteiger partial charge in [0, 0.05) is 19.4 Å². The molecule has 0 aromatic carbocycles. The maximum absolute atomic E-state index is 12.8. The number of phosphoric acid groups is 1. The van der Waals surface area contributed by atoms with Gasteiger partial charge in [0.15, 0.2) is 6.10 Å². The van der Waals surface area contributed by atoms with E-state index in [-0.39, 0.29) is 38.6 Å². The van der Waals surface area contributed by atoms with Gasteiger partial charge in [-0.05, 0) is 122 Å². The van der Waals surface area contributed by atoms with Crippen LogP contribution in [0.3, 0.4) is 0 Å². The molecule has 2 unspecified atom stereocenters. The van der Waals surface area contributed by atoms with Gasteiger partial charge in [0.05, 0.1) is 13.2 Å². The Bertz CT molecular complexity index is 1950. The molecule has 0 aromatic rings. The standard InChI is InChI=1S/C75H124NO8P/c1-3-5-7-9-11-13-15-17-19-21-23-25-27-29-31-33-34-35-36-37-38-40-42-44-46-48-50-52-54-56-58-60-62-64-66-68-75(78)84-73(72-83-85(79,80)82-70-69-76)71-81-74(77)67-65-63-61-59-57-55-53-51-49-47-45-43-41-39-32-30-28-26-24-22-20-18-16-14-12-10-8-6-4-2/h5-8,11-14,17-20,23-26,29-32,34-35,37-38,41,43,73H,3-4,9-10,15-16,21-22,27-28,33,36,39-40,42,44-72,76H2,1-2H3,(H,79,80)/b7-5-,8-6-,13-11-,14-12-,19-17-,20-18-,25-23-,26-24-,31-29-,32-30-,35-34-,38-37-,43-41-. The average Bonchev–Trinajstić information content (AvgIpc) is 3.52. The van der Waals surface area contributed by atoms with E-state index >= 15 is 0 Å². The van der Waals surface area contributed by atoms with Crippen LogP contribution in [0, 0.1) is 0 Å². The number of allylic oxidation sites excluding steroid dienone is 26. The first kappa shape index (κ1) is 80.6. The van der Waals surface area contributed by atoms with E-state index in [0.717, 1.165) is 135 Å². The van der Waals surface area contributed by atoms with Crippen molar-refractivity contribution in [2.24, 2.45) is 5.73 Å². The van der Waals surface area contributed by atoms with E-state index in [4.69, 9.17) is 24.3 Å². The van der Waals surface area contributed by atoms with Crippen molar-refractivity contribution in [3.8, 4) is 0 Å². The van der Waals surface area contributed by atoms with E-state index in [1.165, 1.54) is 103 Å². The van der Waals surface area contributed by atoms with E-state index in [1.54, 1.807) is 0 Å². The van der Waals surface area contributed by atoms with E-state index in [0.29, 0.717) is 6.42 Å². The third-order valence-corrected chi connectivity index (χ3v) is 14.9. The molecule has 0 radical (unpaired) electrons. The molecule has 85 heavy (non-hydrogen) atoms. The van der Waals surface area contributed by atoms with Crippen molar-refractivity contribution in [2.75, 3.05) is 26.4 Å². The van der Waals surface area contributed by atoms with Crippen LogP contribution in [0.4, 0.5) is 0 Å². The maximum Gasteiger partial charge on any atom is 0.472 e. The van der Waals surface area contributed by atoms with Gasteiger partial charge in [0.25, 0.3) is 0 Å². The van der Waals surface area contributed by atoms with Crippen LogP contribution in [0.25, 0.3) is 0 Å². The zero-order valence-corrected chi connectivity index (χ0v) is 54.9. The first-order chi connectivity index (χ1) is 41.8. The normalized spacial score (nSPS) is 14.0. The lowest BCUT2D eigenvalue weighted by Crippen LogP contribution is -2.29. The molecular weight excluding hydrogens is 1070 g/mol. The number of hydrogen-bond acceptors (Lipinski definition) is 8. The van der Waals surface area contributed by atoms with E-state index < -0.39 is 26.5 Å². The minimum atomic E-state index is -4.40. The molecule has 0 aliphatic carbocycles. The third-order valence-electron chi connectivity index (χ3n) is 13.9. The summed E-state index contributed by atoms with van der Waals surface area (Å²) in [5, 5.41) is 0. The summed E-state index contributed by atoms with van der Waals surface area (Å²) in [6, 6.07) is 0. The van der Waals surface area contributed by atoms with Crippen LogP contribution in [-0.4, -0.2) is 49.3 Å². The lowest BCUT2D eigenvalue weighted by atomic mass is 10.0. The van der Waals surface area contributed by atoms with Gasteiger partial charge in [-0.15, -0.1) is 0 Å². The molecule has 0 saturated carbocycles. The highest BCUT2D eigenvalue weighted by Crippen LogP contribution is 2.43. The second-order valence-corrected chi connectivity index (χ2v) is 23.4. The molecule has 0 amide bonds. The Hall–Kier alpha value is -4.37. The Morgan fingerprint density at radius 1 is 0.353 bits per heavy atom. The summed E-state index contributed by atoms with van der Waals surface area (Å²) >= 11 is 0. The number of unbranched alkanes of at least 4 members (excludes halogenated alkanes) is 23.